The number of nitro groups is 1. The summed E-state index contributed by atoms with van der Waals surface area (Å²) in [7, 11) is 1.45. The largest absolute Gasteiger partial charge is 0.481 e. The van der Waals surface area contributed by atoms with Gasteiger partial charge in [-0.2, -0.15) is 0 Å². The molecular formula is C17H22N4O6. The van der Waals surface area contributed by atoms with Gasteiger partial charge in [0.25, 0.3) is 11.6 Å². The van der Waals surface area contributed by atoms with Crippen molar-refractivity contribution in [1.82, 2.24) is 9.80 Å². The van der Waals surface area contributed by atoms with Crippen LogP contribution in [-0.2, 0) is 9.59 Å². The number of rotatable bonds is 6. The van der Waals surface area contributed by atoms with Crippen molar-refractivity contribution in [2.75, 3.05) is 44.7 Å². The average Bonchev–Trinajstić information content (AvgIpc) is 2.64. The molecule has 1 aromatic rings. The van der Waals surface area contributed by atoms with Crippen LogP contribution < -0.4 is 4.90 Å². The number of hydrogen-bond donors (Lipinski definition) is 1. The van der Waals surface area contributed by atoms with E-state index >= 15 is 0 Å². The standard InChI is InChI=1S/C17H22N4O6/c1-12(22)19-7-9-20(10-8-19)14-4-3-13(11-15(14)21(26)27)17(25)18(2)6-5-16(23)24/h3-4,11H,5-10H2,1-2H3,(H,23,24). The highest BCUT2D eigenvalue weighted by Crippen LogP contribution is 2.30. The van der Waals surface area contributed by atoms with Gasteiger partial charge < -0.3 is 19.8 Å². The van der Waals surface area contributed by atoms with Gasteiger partial charge in [0.15, 0.2) is 0 Å². The quantitative estimate of drug-likeness (QED) is 0.574. The van der Waals surface area contributed by atoms with Crippen molar-refractivity contribution >= 4 is 29.2 Å². The van der Waals surface area contributed by atoms with Crippen LogP contribution in [0.25, 0.3) is 0 Å². The highest BCUT2D eigenvalue weighted by molar-refractivity contribution is 5.95. The lowest BCUT2D eigenvalue weighted by Gasteiger charge is -2.35. The lowest BCUT2D eigenvalue weighted by Crippen LogP contribution is -2.48. The SMILES string of the molecule is CC(=O)N1CCN(c2ccc(C(=O)N(C)CCC(=O)O)cc2[N+](=O)[O-])CC1. The third kappa shape index (κ3) is 4.93. The minimum absolute atomic E-state index is 0.0106. The predicted molar refractivity (Wildman–Crippen MR) is 96.8 cm³/mol. The molecule has 10 heteroatoms. The number of carbonyl (C=O) groups is 3. The van der Waals surface area contributed by atoms with Gasteiger partial charge in [0.2, 0.25) is 5.91 Å². The van der Waals surface area contributed by atoms with Crippen LogP contribution in [0.3, 0.4) is 0 Å². The first-order valence-electron chi connectivity index (χ1n) is 8.47. The second-order valence-electron chi connectivity index (χ2n) is 6.32. The Morgan fingerprint density at radius 2 is 1.85 bits per heavy atom. The Labute approximate surface area is 156 Å². The normalized spacial score (nSPS) is 14.0. The molecule has 0 saturated carbocycles. The van der Waals surface area contributed by atoms with Gasteiger partial charge in [0.1, 0.15) is 5.69 Å². The van der Waals surface area contributed by atoms with E-state index in [1.165, 1.54) is 37.1 Å². The number of carboxylic acids is 1. The zero-order valence-corrected chi connectivity index (χ0v) is 15.3. The van der Waals surface area contributed by atoms with Gasteiger partial charge in [0.05, 0.1) is 11.3 Å². The highest BCUT2D eigenvalue weighted by atomic mass is 16.6. The number of piperazine rings is 1. The molecule has 1 aliphatic heterocycles. The van der Waals surface area contributed by atoms with Crippen molar-refractivity contribution in [3.05, 3.63) is 33.9 Å². The van der Waals surface area contributed by atoms with Crippen molar-refractivity contribution in [2.24, 2.45) is 0 Å². The minimum atomic E-state index is -1.03. The summed E-state index contributed by atoms with van der Waals surface area (Å²) in [6.45, 7) is 3.38. The molecule has 1 N–H and O–H groups in total. The van der Waals surface area contributed by atoms with Crippen LogP contribution in [0.1, 0.15) is 23.7 Å². The molecule has 146 valence electrons. The van der Waals surface area contributed by atoms with Crippen LogP contribution in [0, 0.1) is 10.1 Å². The van der Waals surface area contributed by atoms with E-state index in [9.17, 15) is 24.5 Å². The number of nitro benzene ring substituents is 1. The molecule has 0 atom stereocenters. The number of amides is 2. The van der Waals surface area contributed by atoms with E-state index < -0.39 is 16.8 Å². The lowest BCUT2D eigenvalue weighted by atomic mass is 10.1. The summed E-state index contributed by atoms with van der Waals surface area (Å²) in [6.07, 6.45) is -0.206. The average molecular weight is 378 g/mol. The summed E-state index contributed by atoms with van der Waals surface area (Å²) in [4.78, 5) is 50.1. The molecule has 0 radical (unpaired) electrons. The van der Waals surface area contributed by atoms with Crippen molar-refractivity contribution in [1.29, 1.82) is 0 Å². The number of carboxylic acid groups (broad SMARTS) is 1. The van der Waals surface area contributed by atoms with Gasteiger partial charge in [-0.15, -0.1) is 0 Å². The van der Waals surface area contributed by atoms with Crippen molar-refractivity contribution in [2.45, 2.75) is 13.3 Å². The molecule has 0 aliphatic carbocycles. The fraction of sp³-hybridized carbons (Fsp3) is 0.471. The monoisotopic (exact) mass is 378 g/mol. The molecule has 1 saturated heterocycles. The molecule has 0 bridgehead atoms. The fourth-order valence-electron chi connectivity index (χ4n) is 2.92. The summed E-state index contributed by atoms with van der Waals surface area (Å²) in [5, 5.41) is 20.2. The molecule has 1 aromatic carbocycles. The Morgan fingerprint density at radius 1 is 1.22 bits per heavy atom. The van der Waals surface area contributed by atoms with E-state index in [0.29, 0.717) is 31.9 Å². The van der Waals surface area contributed by atoms with Crippen LogP contribution in [0.2, 0.25) is 0 Å². The number of aliphatic carboxylic acids is 1. The van der Waals surface area contributed by atoms with E-state index in [1.54, 1.807) is 4.90 Å². The zero-order valence-electron chi connectivity index (χ0n) is 15.3. The Hall–Kier alpha value is -3.17. The molecule has 10 nitrogen and oxygen atoms in total. The molecule has 2 rings (SSSR count). The predicted octanol–water partition coefficient (Wildman–Crippen LogP) is 0.810. The van der Waals surface area contributed by atoms with E-state index in [-0.39, 0.29) is 30.1 Å². The topological polar surface area (TPSA) is 124 Å². The summed E-state index contributed by atoms with van der Waals surface area (Å²) in [5.74, 6) is -1.54. The molecule has 1 heterocycles. The van der Waals surface area contributed by atoms with Gasteiger partial charge >= 0.3 is 5.97 Å². The summed E-state index contributed by atoms with van der Waals surface area (Å²) >= 11 is 0. The van der Waals surface area contributed by atoms with Crippen LogP contribution in [-0.4, -0.2) is 77.4 Å². The van der Waals surface area contributed by atoms with Crippen LogP contribution in [0.4, 0.5) is 11.4 Å². The second-order valence-corrected chi connectivity index (χ2v) is 6.32. The van der Waals surface area contributed by atoms with E-state index in [1.807, 2.05) is 4.90 Å². The Morgan fingerprint density at radius 3 is 2.37 bits per heavy atom. The molecule has 0 spiro atoms. The maximum atomic E-state index is 12.4. The number of benzene rings is 1. The van der Waals surface area contributed by atoms with Gasteiger partial charge in [-0.05, 0) is 12.1 Å². The number of nitrogens with zero attached hydrogens (tertiary/aromatic N) is 4. The van der Waals surface area contributed by atoms with Crippen molar-refractivity contribution in [3.63, 3.8) is 0 Å². The first kappa shape index (κ1) is 20.1. The summed E-state index contributed by atoms with van der Waals surface area (Å²) in [5.41, 5.74) is 0.331. The van der Waals surface area contributed by atoms with E-state index in [2.05, 4.69) is 0 Å². The zero-order chi connectivity index (χ0) is 20.1. The van der Waals surface area contributed by atoms with Crippen molar-refractivity contribution in [3.8, 4) is 0 Å². The third-order valence-corrected chi connectivity index (χ3v) is 4.49. The number of carbonyl (C=O) groups excluding carboxylic acids is 2. The van der Waals surface area contributed by atoms with Gasteiger partial charge in [-0.25, -0.2) is 0 Å². The lowest BCUT2D eigenvalue weighted by molar-refractivity contribution is -0.384. The van der Waals surface area contributed by atoms with Crippen molar-refractivity contribution < 1.29 is 24.4 Å². The van der Waals surface area contributed by atoms with Gasteiger partial charge in [-0.3, -0.25) is 24.5 Å². The Balaban J connectivity index is 2.19. The molecular weight excluding hydrogens is 356 g/mol. The van der Waals surface area contributed by atoms with Crippen LogP contribution >= 0.6 is 0 Å². The highest BCUT2D eigenvalue weighted by Gasteiger charge is 2.26. The van der Waals surface area contributed by atoms with Crippen LogP contribution in [0.15, 0.2) is 18.2 Å². The Bertz CT molecular complexity index is 758. The number of hydrogen-bond acceptors (Lipinski definition) is 6. The maximum absolute atomic E-state index is 12.4. The summed E-state index contributed by atoms with van der Waals surface area (Å²) in [6, 6.07) is 4.24. The molecule has 0 aromatic heterocycles. The van der Waals surface area contributed by atoms with Gasteiger partial charge in [0, 0.05) is 58.3 Å². The molecule has 27 heavy (non-hydrogen) atoms. The number of anilines is 1. The molecule has 1 fully saturated rings. The Kier molecular flexibility index (Phi) is 6.32. The van der Waals surface area contributed by atoms with Gasteiger partial charge in [-0.1, -0.05) is 0 Å². The molecule has 1 aliphatic rings. The van der Waals surface area contributed by atoms with E-state index in [0.717, 1.165) is 0 Å². The third-order valence-electron chi connectivity index (χ3n) is 4.49. The fourth-order valence-corrected chi connectivity index (χ4v) is 2.92. The maximum Gasteiger partial charge on any atom is 0.305 e. The first-order chi connectivity index (χ1) is 12.7. The van der Waals surface area contributed by atoms with Crippen LogP contribution in [0.5, 0.6) is 0 Å². The molecule has 2 amide bonds. The first-order valence-corrected chi connectivity index (χ1v) is 8.47. The second kappa shape index (κ2) is 8.47. The smallest absolute Gasteiger partial charge is 0.305 e. The minimum Gasteiger partial charge on any atom is -0.481 e. The summed E-state index contributed by atoms with van der Waals surface area (Å²) < 4.78 is 0. The molecule has 0 unspecified atom stereocenters. The van der Waals surface area contributed by atoms with E-state index in [4.69, 9.17) is 5.11 Å².